The SMILES string of the molecule is Cc1nc(CSc2nnc([C@H]3CCS(=O)(=O)C3)o2)cs1. The van der Waals surface area contributed by atoms with Crippen LogP contribution < -0.4 is 0 Å². The molecule has 0 amide bonds. The molecule has 1 fully saturated rings. The van der Waals surface area contributed by atoms with Crippen molar-refractivity contribution in [2.45, 2.75) is 30.2 Å². The standard InChI is InChI=1S/C11H13N3O3S3/c1-7-12-9(4-18-7)5-19-11-14-13-10(17-11)8-2-3-20(15,16)6-8/h4,8H,2-3,5-6H2,1H3/t8-/m0/s1. The number of hydrogen-bond donors (Lipinski definition) is 0. The van der Waals surface area contributed by atoms with Crippen molar-refractivity contribution < 1.29 is 12.8 Å². The lowest BCUT2D eigenvalue weighted by molar-refractivity contribution is 0.393. The van der Waals surface area contributed by atoms with E-state index in [-0.39, 0.29) is 17.4 Å². The van der Waals surface area contributed by atoms with E-state index in [1.165, 1.54) is 11.8 Å². The first kappa shape index (κ1) is 14.0. The highest BCUT2D eigenvalue weighted by Gasteiger charge is 2.32. The third kappa shape index (κ3) is 3.21. The molecule has 1 atom stereocenters. The molecule has 1 aliphatic heterocycles. The van der Waals surface area contributed by atoms with Crippen molar-refractivity contribution >= 4 is 32.9 Å². The first-order valence-corrected chi connectivity index (χ1v) is 9.78. The summed E-state index contributed by atoms with van der Waals surface area (Å²) in [5.74, 6) is 1.28. The molecule has 3 rings (SSSR count). The summed E-state index contributed by atoms with van der Waals surface area (Å²) < 4.78 is 28.4. The smallest absolute Gasteiger partial charge is 0.276 e. The van der Waals surface area contributed by atoms with E-state index in [0.29, 0.717) is 23.3 Å². The topological polar surface area (TPSA) is 86.0 Å². The highest BCUT2D eigenvalue weighted by Crippen LogP contribution is 2.30. The first-order valence-electron chi connectivity index (χ1n) is 6.09. The van der Waals surface area contributed by atoms with Gasteiger partial charge in [0.1, 0.15) is 0 Å². The minimum atomic E-state index is -2.93. The molecule has 2 aromatic heterocycles. The summed E-state index contributed by atoms with van der Waals surface area (Å²) in [6.07, 6.45) is 0.569. The van der Waals surface area contributed by atoms with Crippen LogP contribution in [0.5, 0.6) is 0 Å². The molecule has 20 heavy (non-hydrogen) atoms. The molecule has 6 nitrogen and oxygen atoms in total. The van der Waals surface area contributed by atoms with Crippen LogP contribution in [-0.4, -0.2) is 35.1 Å². The largest absolute Gasteiger partial charge is 0.416 e. The average molecular weight is 331 g/mol. The quantitative estimate of drug-likeness (QED) is 0.792. The summed E-state index contributed by atoms with van der Waals surface area (Å²) in [6, 6.07) is 0. The van der Waals surface area contributed by atoms with Crippen molar-refractivity contribution in [3.05, 3.63) is 22.0 Å². The van der Waals surface area contributed by atoms with Gasteiger partial charge in [-0.2, -0.15) is 0 Å². The van der Waals surface area contributed by atoms with Crippen LogP contribution in [0.15, 0.2) is 15.0 Å². The fourth-order valence-electron chi connectivity index (χ4n) is 2.04. The number of sulfone groups is 1. The summed E-state index contributed by atoms with van der Waals surface area (Å²) in [7, 11) is -2.93. The van der Waals surface area contributed by atoms with Crippen LogP contribution >= 0.6 is 23.1 Å². The maximum atomic E-state index is 11.4. The molecule has 9 heteroatoms. The minimum Gasteiger partial charge on any atom is -0.416 e. The molecule has 108 valence electrons. The Morgan fingerprint density at radius 3 is 3.00 bits per heavy atom. The minimum absolute atomic E-state index is 0.116. The van der Waals surface area contributed by atoms with Gasteiger partial charge in [0.25, 0.3) is 5.22 Å². The van der Waals surface area contributed by atoms with E-state index in [2.05, 4.69) is 15.2 Å². The van der Waals surface area contributed by atoms with Gasteiger partial charge in [0.05, 0.1) is 28.1 Å². The van der Waals surface area contributed by atoms with Crippen LogP contribution in [0.25, 0.3) is 0 Å². The molecule has 1 aliphatic rings. The highest BCUT2D eigenvalue weighted by atomic mass is 32.2. The van der Waals surface area contributed by atoms with E-state index in [4.69, 9.17) is 4.42 Å². The molecule has 1 saturated heterocycles. The second kappa shape index (κ2) is 5.45. The zero-order chi connectivity index (χ0) is 14.2. The molecule has 0 saturated carbocycles. The van der Waals surface area contributed by atoms with Crippen LogP contribution in [0.3, 0.4) is 0 Å². The van der Waals surface area contributed by atoms with Gasteiger partial charge in [0, 0.05) is 11.1 Å². The fraction of sp³-hybridized carbons (Fsp3) is 0.545. The van der Waals surface area contributed by atoms with Crippen molar-refractivity contribution in [3.63, 3.8) is 0 Å². The van der Waals surface area contributed by atoms with Gasteiger partial charge in [-0.3, -0.25) is 0 Å². The molecular formula is C11H13N3O3S3. The molecular weight excluding hydrogens is 318 g/mol. The van der Waals surface area contributed by atoms with E-state index in [9.17, 15) is 8.42 Å². The Bertz CT molecular complexity index is 707. The number of thioether (sulfide) groups is 1. The molecule has 0 spiro atoms. The molecule has 0 N–H and O–H groups in total. The van der Waals surface area contributed by atoms with E-state index in [1.54, 1.807) is 11.3 Å². The van der Waals surface area contributed by atoms with E-state index in [0.717, 1.165) is 10.7 Å². The average Bonchev–Trinajstić information content (AvgIpc) is 3.07. The van der Waals surface area contributed by atoms with Crippen molar-refractivity contribution in [1.29, 1.82) is 0 Å². The molecule has 0 aromatic carbocycles. The van der Waals surface area contributed by atoms with E-state index in [1.807, 2.05) is 12.3 Å². The Balaban J connectivity index is 1.62. The number of nitrogens with zero attached hydrogens (tertiary/aromatic N) is 3. The molecule has 2 aromatic rings. The molecule has 3 heterocycles. The van der Waals surface area contributed by atoms with Gasteiger partial charge in [-0.05, 0) is 13.3 Å². The third-order valence-corrected chi connectivity index (χ3v) is 6.46. The summed E-state index contributed by atoms with van der Waals surface area (Å²) in [4.78, 5) is 4.36. The monoisotopic (exact) mass is 331 g/mol. The van der Waals surface area contributed by atoms with Crippen molar-refractivity contribution in [1.82, 2.24) is 15.2 Å². The lowest BCUT2D eigenvalue weighted by atomic mass is 10.1. The third-order valence-electron chi connectivity index (χ3n) is 3.01. The number of aryl methyl sites for hydroxylation is 1. The highest BCUT2D eigenvalue weighted by molar-refractivity contribution is 7.98. The second-order valence-corrected chi connectivity index (χ2v) is 8.87. The second-order valence-electron chi connectivity index (χ2n) is 4.65. The zero-order valence-corrected chi connectivity index (χ0v) is 13.2. The zero-order valence-electron chi connectivity index (χ0n) is 10.8. The van der Waals surface area contributed by atoms with Crippen molar-refractivity contribution in [2.24, 2.45) is 0 Å². The van der Waals surface area contributed by atoms with Crippen LogP contribution in [-0.2, 0) is 15.6 Å². The fourth-order valence-corrected chi connectivity index (χ4v) is 5.16. The van der Waals surface area contributed by atoms with Gasteiger partial charge in [0.15, 0.2) is 9.84 Å². The van der Waals surface area contributed by atoms with Gasteiger partial charge < -0.3 is 4.42 Å². The predicted octanol–water partition coefficient (Wildman–Crippen LogP) is 2.03. The van der Waals surface area contributed by atoms with Gasteiger partial charge in [-0.15, -0.1) is 21.5 Å². The van der Waals surface area contributed by atoms with Gasteiger partial charge in [-0.1, -0.05) is 11.8 Å². The van der Waals surface area contributed by atoms with Crippen LogP contribution in [0, 0.1) is 6.92 Å². The van der Waals surface area contributed by atoms with Crippen molar-refractivity contribution in [3.8, 4) is 0 Å². The van der Waals surface area contributed by atoms with Gasteiger partial charge in [0.2, 0.25) is 5.89 Å². The number of hydrogen-bond acceptors (Lipinski definition) is 8. The lowest BCUT2D eigenvalue weighted by Gasteiger charge is -1.98. The maximum Gasteiger partial charge on any atom is 0.276 e. The summed E-state index contributed by atoms with van der Waals surface area (Å²) in [6.45, 7) is 1.96. The molecule has 0 unspecified atom stereocenters. The summed E-state index contributed by atoms with van der Waals surface area (Å²) >= 11 is 3.03. The number of aromatic nitrogens is 3. The van der Waals surface area contributed by atoms with Crippen LogP contribution in [0.1, 0.15) is 28.9 Å². The van der Waals surface area contributed by atoms with Crippen LogP contribution in [0.2, 0.25) is 0 Å². The number of rotatable bonds is 4. The predicted molar refractivity (Wildman–Crippen MR) is 76.7 cm³/mol. The van der Waals surface area contributed by atoms with E-state index < -0.39 is 9.84 Å². The van der Waals surface area contributed by atoms with Gasteiger partial charge >= 0.3 is 0 Å². The molecule has 0 radical (unpaired) electrons. The van der Waals surface area contributed by atoms with Crippen LogP contribution in [0.4, 0.5) is 0 Å². The number of thiazole rings is 1. The Kier molecular flexibility index (Phi) is 3.83. The van der Waals surface area contributed by atoms with E-state index >= 15 is 0 Å². The Hall–Kier alpha value is -0.930. The summed E-state index contributed by atoms with van der Waals surface area (Å²) in [5.41, 5.74) is 0.987. The Labute approximate surface area is 124 Å². The summed E-state index contributed by atoms with van der Waals surface area (Å²) in [5, 5.41) is 11.4. The normalized spacial score (nSPS) is 21.4. The van der Waals surface area contributed by atoms with Crippen molar-refractivity contribution in [2.75, 3.05) is 11.5 Å². The van der Waals surface area contributed by atoms with Gasteiger partial charge in [-0.25, -0.2) is 13.4 Å². The molecule has 0 aliphatic carbocycles. The maximum absolute atomic E-state index is 11.4. The Morgan fingerprint density at radius 1 is 1.50 bits per heavy atom. The lowest BCUT2D eigenvalue weighted by Crippen LogP contribution is -2.03. The first-order chi connectivity index (χ1) is 9.52. The molecule has 0 bridgehead atoms. The Morgan fingerprint density at radius 2 is 2.35 bits per heavy atom.